The molecule has 3 nitrogen and oxygen atoms in total. The molecule has 0 bridgehead atoms. The van der Waals surface area contributed by atoms with E-state index in [4.69, 9.17) is 5.73 Å². The van der Waals surface area contributed by atoms with Gasteiger partial charge in [-0.05, 0) is 36.8 Å². The molecule has 2 aliphatic rings. The van der Waals surface area contributed by atoms with E-state index in [9.17, 15) is 13.6 Å². The topological polar surface area (TPSA) is 46.3 Å². The van der Waals surface area contributed by atoms with Crippen LogP contribution >= 0.6 is 28.3 Å². The van der Waals surface area contributed by atoms with Crippen molar-refractivity contribution < 1.29 is 13.6 Å². The maximum Gasteiger partial charge on any atom is 0.259 e. The Bertz CT molecular complexity index is 564. The van der Waals surface area contributed by atoms with Gasteiger partial charge in [0, 0.05) is 23.6 Å². The van der Waals surface area contributed by atoms with Crippen molar-refractivity contribution in [1.82, 2.24) is 4.90 Å². The molecule has 1 saturated carbocycles. The Hall–Kier alpha value is -0.720. The number of hydrogen-bond acceptors (Lipinski definition) is 2. The zero-order chi connectivity index (χ0) is 15.1. The predicted octanol–water partition coefficient (Wildman–Crippen LogP) is 3.35. The number of likely N-dealkylation sites (tertiary alicyclic amines) is 1. The minimum absolute atomic E-state index is 0. The second-order valence-corrected chi connectivity index (χ2v) is 6.89. The van der Waals surface area contributed by atoms with Gasteiger partial charge >= 0.3 is 0 Å². The predicted molar refractivity (Wildman–Crippen MR) is 86.0 cm³/mol. The maximum absolute atomic E-state index is 13.9. The number of nitrogens with two attached hydrogens (primary N) is 1. The van der Waals surface area contributed by atoms with Crippen molar-refractivity contribution in [3.63, 3.8) is 0 Å². The van der Waals surface area contributed by atoms with Crippen LogP contribution in [0.4, 0.5) is 8.78 Å². The van der Waals surface area contributed by atoms with Crippen LogP contribution < -0.4 is 5.73 Å². The third kappa shape index (κ3) is 3.14. The Morgan fingerprint density at radius 2 is 1.86 bits per heavy atom. The molecule has 122 valence electrons. The second kappa shape index (κ2) is 6.81. The minimum Gasteiger partial charge on any atom is -0.338 e. The fourth-order valence-electron chi connectivity index (χ4n) is 3.59. The quantitative estimate of drug-likeness (QED) is 0.793. The highest BCUT2D eigenvalue weighted by Gasteiger charge is 2.41. The number of amides is 1. The summed E-state index contributed by atoms with van der Waals surface area (Å²) in [7, 11) is 0. The number of halogens is 4. The molecular weight excluding hydrogens is 378 g/mol. The summed E-state index contributed by atoms with van der Waals surface area (Å²) in [6, 6.07) is 2.32. The van der Waals surface area contributed by atoms with Crippen molar-refractivity contribution in [1.29, 1.82) is 0 Å². The first-order valence-corrected chi connectivity index (χ1v) is 7.96. The van der Waals surface area contributed by atoms with Crippen LogP contribution in [0.5, 0.6) is 0 Å². The van der Waals surface area contributed by atoms with Crippen LogP contribution in [0.25, 0.3) is 0 Å². The summed E-state index contributed by atoms with van der Waals surface area (Å²) in [6.07, 6.45) is 3.06. The van der Waals surface area contributed by atoms with E-state index < -0.39 is 23.1 Å². The number of benzene rings is 1. The average Bonchev–Trinajstić information content (AvgIpc) is 2.82. The summed E-state index contributed by atoms with van der Waals surface area (Å²) in [4.78, 5) is 14.0. The highest BCUT2D eigenvalue weighted by Crippen LogP contribution is 2.36. The van der Waals surface area contributed by atoms with Crippen LogP contribution in [-0.2, 0) is 0 Å². The van der Waals surface area contributed by atoms with E-state index in [1.165, 1.54) is 0 Å². The van der Waals surface area contributed by atoms with E-state index in [0.29, 0.717) is 19.0 Å². The molecule has 2 N–H and O–H groups in total. The molecule has 3 atom stereocenters. The molecule has 1 aliphatic carbocycles. The fraction of sp³-hybridized carbons (Fsp3) is 0.533. The average molecular weight is 396 g/mol. The Balaban J connectivity index is 0.00000176. The van der Waals surface area contributed by atoms with Crippen molar-refractivity contribution in [3.05, 3.63) is 33.8 Å². The highest BCUT2D eigenvalue weighted by molar-refractivity contribution is 9.10. The third-order valence-corrected chi connectivity index (χ3v) is 5.12. The largest absolute Gasteiger partial charge is 0.338 e. The fourth-order valence-corrected chi connectivity index (χ4v) is 3.99. The summed E-state index contributed by atoms with van der Waals surface area (Å²) >= 11 is 3.02. The van der Waals surface area contributed by atoms with Crippen molar-refractivity contribution >= 4 is 34.2 Å². The van der Waals surface area contributed by atoms with Gasteiger partial charge in [-0.15, -0.1) is 12.4 Å². The highest BCUT2D eigenvalue weighted by atomic mass is 79.9. The molecule has 1 aromatic rings. The molecule has 0 aromatic heterocycles. The van der Waals surface area contributed by atoms with Gasteiger partial charge in [0.15, 0.2) is 0 Å². The van der Waals surface area contributed by atoms with Crippen LogP contribution in [0.3, 0.4) is 0 Å². The van der Waals surface area contributed by atoms with Crippen LogP contribution in [0.15, 0.2) is 16.6 Å². The molecule has 3 rings (SSSR count). The number of hydrogen-bond donors (Lipinski definition) is 1. The molecule has 7 heteroatoms. The molecule has 2 fully saturated rings. The van der Waals surface area contributed by atoms with E-state index in [-0.39, 0.29) is 28.8 Å². The van der Waals surface area contributed by atoms with Gasteiger partial charge in [0.05, 0.1) is 0 Å². The molecule has 1 amide bonds. The van der Waals surface area contributed by atoms with Crippen molar-refractivity contribution in [2.75, 3.05) is 13.1 Å². The number of carbonyl (C=O) groups is 1. The molecule has 22 heavy (non-hydrogen) atoms. The molecule has 1 aliphatic heterocycles. The van der Waals surface area contributed by atoms with Gasteiger partial charge < -0.3 is 10.6 Å². The molecule has 1 heterocycles. The van der Waals surface area contributed by atoms with Crippen molar-refractivity contribution in [3.8, 4) is 0 Å². The molecular formula is C15H18BrClF2N2O. The number of rotatable bonds is 1. The second-order valence-electron chi connectivity index (χ2n) is 5.97. The van der Waals surface area contributed by atoms with E-state index >= 15 is 0 Å². The SMILES string of the molecule is Cl.NC1CCCC2CN(C(=O)c3c(F)cc(Br)cc3F)CC12. The van der Waals surface area contributed by atoms with Crippen LogP contribution in [0.1, 0.15) is 29.6 Å². The molecule has 1 aromatic carbocycles. The van der Waals surface area contributed by atoms with Crippen LogP contribution in [-0.4, -0.2) is 29.9 Å². The number of nitrogens with zero attached hydrogens (tertiary/aromatic N) is 1. The zero-order valence-corrected chi connectivity index (χ0v) is 14.3. The van der Waals surface area contributed by atoms with Gasteiger partial charge in [-0.1, -0.05) is 22.4 Å². The smallest absolute Gasteiger partial charge is 0.259 e. The minimum atomic E-state index is -0.828. The zero-order valence-electron chi connectivity index (χ0n) is 11.9. The molecule has 1 saturated heterocycles. The standard InChI is InChI=1S/C15H17BrF2N2O.ClH/c16-9-4-11(17)14(12(18)5-9)15(21)20-6-8-2-1-3-13(19)10(8)7-20;/h4-5,8,10,13H,1-3,6-7,19H2;1H. The summed E-state index contributed by atoms with van der Waals surface area (Å²) in [5.41, 5.74) is 5.64. The Labute approximate surface area is 142 Å². The van der Waals surface area contributed by atoms with E-state index in [1.54, 1.807) is 4.90 Å². The number of fused-ring (bicyclic) bond motifs is 1. The van der Waals surface area contributed by atoms with Gasteiger partial charge in [0.25, 0.3) is 5.91 Å². The van der Waals surface area contributed by atoms with Crippen molar-refractivity contribution in [2.45, 2.75) is 25.3 Å². The first kappa shape index (κ1) is 17.6. The van der Waals surface area contributed by atoms with E-state index in [2.05, 4.69) is 15.9 Å². The Kier molecular flexibility index (Phi) is 5.45. The van der Waals surface area contributed by atoms with Crippen LogP contribution in [0, 0.1) is 23.5 Å². The van der Waals surface area contributed by atoms with Crippen molar-refractivity contribution in [2.24, 2.45) is 17.6 Å². The maximum atomic E-state index is 13.9. The van der Waals surface area contributed by atoms with E-state index in [0.717, 1.165) is 31.4 Å². The lowest BCUT2D eigenvalue weighted by atomic mass is 9.78. The summed E-state index contributed by atoms with van der Waals surface area (Å²) in [6.45, 7) is 1.05. The molecule has 3 unspecified atom stereocenters. The molecule has 0 spiro atoms. The van der Waals surface area contributed by atoms with Gasteiger partial charge in [0.2, 0.25) is 0 Å². The van der Waals surface area contributed by atoms with Gasteiger partial charge in [-0.25, -0.2) is 8.78 Å². The van der Waals surface area contributed by atoms with Gasteiger partial charge in [0.1, 0.15) is 17.2 Å². The summed E-state index contributed by atoms with van der Waals surface area (Å²) < 4.78 is 28.1. The molecule has 0 radical (unpaired) electrons. The van der Waals surface area contributed by atoms with Gasteiger partial charge in [-0.2, -0.15) is 0 Å². The first-order chi connectivity index (χ1) is 9.97. The summed E-state index contributed by atoms with van der Waals surface area (Å²) in [5.74, 6) is -1.61. The Morgan fingerprint density at radius 1 is 1.23 bits per heavy atom. The lowest BCUT2D eigenvalue weighted by molar-refractivity contribution is 0.0773. The monoisotopic (exact) mass is 394 g/mol. The lowest BCUT2D eigenvalue weighted by Crippen LogP contribution is -2.38. The lowest BCUT2D eigenvalue weighted by Gasteiger charge is -2.29. The van der Waals surface area contributed by atoms with Gasteiger partial charge in [-0.3, -0.25) is 4.79 Å². The van der Waals surface area contributed by atoms with E-state index in [1.807, 2.05) is 0 Å². The van der Waals surface area contributed by atoms with Crippen LogP contribution in [0.2, 0.25) is 0 Å². The number of carbonyl (C=O) groups excluding carboxylic acids is 1. The first-order valence-electron chi connectivity index (χ1n) is 7.16. The normalized spacial score (nSPS) is 27.3. The third-order valence-electron chi connectivity index (χ3n) is 4.66. The summed E-state index contributed by atoms with van der Waals surface area (Å²) in [5, 5.41) is 0. The Morgan fingerprint density at radius 3 is 2.45 bits per heavy atom.